The van der Waals surface area contributed by atoms with Crippen LogP contribution in [-0.2, 0) is 0 Å². The number of hydrogen-bond acceptors (Lipinski definition) is 5. The zero-order chi connectivity index (χ0) is 17.5. The van der Waals surface area contributed by atoms with Gasteiger partial charge in [-0.15, -0.1) is 17.8 Å². The molecule has 0 atom stereocenters. The van der Waals surface area contributed by atoms with Crippen LogP contribution >= 0.6 is 11.3 Å². The molecule has 3 aromatic rings. The molecule has 0 aliphatic carbocycles. The van der Waals surface area contributed by atoms with Crippen LogP contribution in [0.4, 0.5) is 5.13 Å². The van der Waals surface area contributed by atoms with E-state index in [1.165, 1.54) is 16.9 Å². The quantitative estimate of drug-likeness (QED) is 0.403. The smallest absolute Gasteiger partial charge is 0.203 e. The van der Waals surface area contributed by atoms with Gasteiger partial charge < -0.3 is 4.74 Å². The van der Waals surface area contributed by atoms with E-state index in [9.17, 15) is 0 Å². The Morgan fingerprint density at radius 1 is 1.20 bits per heavy atom. The van der Waals surface area contributed by atoms with Crippen LogP contribution in [0.2, 0.25) is 0 Å². The van der Waals surface area contributed by atoms with Gasteiger partial charge in [-0.3, -0.25) is 5.43 Å². The first-order valence-corrected chi connectivity index (χ1v) is 8.60. The predicted octanol–water partition coefficient (Wildman–Crippen LogP) is 4.58. The number of aryl methyl sites for hydroxylation is 1. The summed E-state index contributed by atoms with van der Waals surface area (Å²) in [6.07, 6.45) is 6.90. The van der Waals surface area contributed by atoms with Crippen LogP contribution in [-0.4, -0.2) is 17.8 Å². The average Bonchev–Trinajstić information content (AvgIpc) is 3.10. The van der Waals surface area contributed by atoms with Gasteiger partial charge in [0.2, 0.25) is 5.13 Å². The number of rotatable bonds is 6. The van der Waals surface area contributed by atoms with E-state index in [0.29, 0.717) is 0 Å². The third-order valence-corrected chi connectivity index (χ3v) is 4.17. The Bertz CT molecular complexity index is 890. The number of aromatic nitrogens is 1. The van der Waals surface area contributed by atoms with Crippen molar-refractivity contribution in [3.05, 3.63) is 65.0 Å². The van der Waals surface area contributed by atoms with Gasteiger partial charge in [-0.05, 0) is 36.8 Å². The van der Waals surface area contributed by atoms with Gasteiger partial charge in [-0.2, -0.15) is 5.10 Å². The lowest BCUT2D eigenvalue weighted by Crippen LogP contribution is -1.94. The van der Waals surface area contributed by atoms with Crippen molar-refractivity contribution in [1.29, 1.82) is 0 Å². The van der Waals surface area contributed by atoms with E-state index >= 15 is 0 Å². The number of nitrogens with one attached hydrogen (secondary N) is 1. The third kappa shape index (κ3) is 4.69. The highest BCUT2D eigenvalue weighted by Crippen LogP contribution is 2.25. The number of hydrogen-bond donors (Lipinski definition) is 1. The summed E-state index contributed by atoms with van der Waals surface area (Å²) in [6.45, 7) is 2.34. The van der Waals surface area contributed by atoms with Gasteiger partial charge in [0.25, 0.3) is 0 Å². The van der Waals surface area contributed by atoms with E-state index < -0.39 is 0 Å². The highest BCUT2D eigenvalue weighted by Gasteiger charge is 2.03. The Morgan fingerprint density at radius 2 is 1.96 bits per heavy atom. The van der Waals surface area contributed by atoms with E-state index in [0.717, 1.165) is 27.7 Å². The van der Waals surface area contributed by atoms with Gasteiger partial charge in [-0.25, -0.2) is 4.98 Å². The largest absolute Gasteiger partial charge is 0.481 e. The molecule has 3 rings (SSSR count). The first kappa shape index (κ1) is 16.7. The fourth-order valence-corrected chi connectivity index (χ4v) is 2.79. The van der Waals surface area contributed by atoms with Crippen molar-refractivity contribution in [2.45, 2.75) is 6.92 Å². The molecule has 0 amide bonds. The number of anilines is 1. The molecule has 0 fully saturated rings. The Kier molecular flexibility index (Phi) is 5.45. The summed E-state index contributed by atoms with van der Waals surface area (Å²) in [5.41, 5.74) is 7.19. The Hall–Kier alpha value is -3.10. The van der Waals surface area contributed by atoms with Crippen molar-refractivity contribution in [2.75, 3.05) is 12.0 Å². The lowest BCUT2D eigenvalue weighted by molar-refractivity contribution is 0.370. The van der Waals surface area contributed by atoms with E-state index in [-0.39, 0.29) is 6.61 Å². The van der Waals surface area contributed by atoms with E-state index in [2.05, 4.69) is 52.6 Å². The molecule has 0 aliphatic heterocycles. The highest BCUT2D eigenvalue weighted by molar-refractivity contribution is 7.14. The van der Waals surface area contributed by atoms with Crippen LogP contribution in [0.5, 0.6) is 5.75 Å². The molecule has 4 nitrogen and oxygen atoms in total. The van der Waals surface area contributed by atoms with Crippen LogP contribution in [0.3, 0.4) is 0 Å². The molecule has 0 unspecified atom stereocenters. The molecule has 25 heavy (non-hydrogen) atoms. The molecule has 0 radical (unpaired) electrons. The fourth-order valence-electron chi connectivity index (χ4n) is 2.12. The molecular formula is C20H17N3OS. The van der Waals surface area contributed by atoms with Crippen LogP contribution in [0.25, 0.3) is 11.3 Å². The number of terminal acetylenes is 1. The maximum atomic E-state index is 5.33. The second-order valence-electron chi connectivity index (χ2n) is 5.34. The minimum Gasteiger partial charge on any atom is -0.481 e. The minimum atomic E-state index is 0.266. The summed E-state index contributed by atoms with van der Waals surface area (Å²) in [5.74, 6) is 3.18. The molecule has 2 aromatic carbocycles. The molecule has 0 saturated heterocycles. The molecule has 0 aliphatic rings. The first-order valence-electron chi connectivity index (χ1n) is 7.72. The Labute approximate surface area is 151 Å². The van der Waals surface area contributed by atoms with Crippen molar-refractivity contribution in [1.82, 2.24) is 4.98 Å². The van der Waals surface area contributed by atoms with Crippen LogP contribution < -0.4 is 10.2 Å². The van der Waals surface area contributed by atoms with Crippen molar-refractivity contribution < 1.29 is 4.74 Å². The summed E-state index contributed by atoms with van der Waals surface area (Å²) < 4.78 is 5.33. The summed E-state index contributed by atoms with van der Waals surface area (Å²) >= 11 is 1.52. The van der Waals surface area contributed by atoms with Gasteiger partial charge >= 0.3 is 0 Å². The zero-order valence-corrected chi connectivity index (χ0v) is 14.6. The molecule has 5 heteroatoms. The van der Waals surface area contributed by atoms with Crippen LogP contribution in [0, 0.1) is 19.3 Å². The van der Waals surface area contributed by atoms with Crippen molar-refractivity contribution in [3.8, 4) is 29.4 Å². The number of nitrogens with zero attached hydrogens (tertiary/aromatic N) is 2. The summed E-state index contributed by atoms with van der Waals surface area (Å²) in [6, 6.07) is 15.8. The molecular weight excluding hydrogens is 330 g/mol. The Morgan fingerprint density at radius 3 is 2.68 bits per heavy atom. The zero-order valence-electron chi connectivity index (χ0n) is 13.8. The fraction of sp³-hybridized carbons (Fsp3) is 0.100. The van der Waals surface area contributed by atoms with Gasteiger partial charge in [-0.1, -0.05) is 35.7 Å². The monoisotopic (exact) mass is 347 g/mol. The lowest BCUT2D eigenvalue weighted by Gasteiger charge is -2.01. The molecule has 0 bridgehead atoms. The highest BCUT2D eigenvalue weighted by atomic mass is 32.1. The minimum absolute atomic E-state index is 0.266. The number of ether oxygens (including phenoxy) is 1. The number of hydrazone groups is 1. The van der Waals surface area contributed by atoms with Crippen molar-refractivity contribution in [3.63, 3.8) is 0 Å². The molecule has 124 valence electrons. The first-order chi connectivity index (χ1) is 12.2. The van der Waals surface area contributed by atoms with Gasteiger partial charge in [0, 0.05) is 10.9 Å². The van der Waals surface area contributed by atoms with Crippen molar-refractivity contribution >= 4 is 22.7 Å². The van der Waals surface area contributed by atoms with E-state index in [1.54, 1.807) is 6.21 Å². The average molecular weight is 347 g/mol. The SMILES string of the molecule is C#CCOc1ccc(/C=N/Nc2nc(-c3ccc(C)cc3)cs2)cc1. The number of thiazole rings is 1. The standard InChI is InChI=1S/C20H17N3OS/c1-3-12-24-18-10-6-16(7-11-18)13-21-23-20-22-19(14-25-20)17-8-4-15(2)5-9-17/h1,4-11,13-14H,12H2,2H3,(H,22,23)/b21-13+. The molecule has 1 aromatic heterocycles. The van der Waals surface area contributed by atoms with Crippen LogP contribution in [0.1, 0.15) is 11.1 Å². The van der Waals surface area contributed by atoms with Gasteiger partial charge in [0.1, 0.15) is 12.4 Å². The molecule has 0 saturated carbocycles. The Balaban J connectivity index is 1.59. The summed E-state index contributed by atoms with van der Waals surface area (Å²) in [5, 5.41) is 6.99. The second-order valence-corrected chi connectivity index (χ2v) is 6.19. The molecule has 0 spiro atoms. The van der Waals surface area contributed by atoms with Crippen LogP contribution in [0.15, 0.2) is 59.0 Å². The molecule has 1 heterocycles. The number of benzene rings is 2. The predicted molar refractivity (Wildman–Crippen MR) is 104 cm³/mol. The second kappa shape index (κ2) is 8.13. The maximum absolute atomic E-state index is 5.33. The van der Waals surface area contributed by atoms with E-state index in [4.69, 9.17) is 11.2 Å². The normalized spacial score (nSPS) is 10.6. The van der Waals surface area contributed by atoms with E-state index in [1.807, 2.05) is 29.6 Å². The third-order valence-electron chi connectivity index (χ3n) is 3.43. The summed E-state index contributed by atoms with van der Waals surface area (Å²) in [4.78, 5) is 4.54. The summed E-state index contributed by atoms with van der Waals surface area (Å²) in [7, 11) is 0. The van der Waals surface area contributed by atoms with Crippen molar-refractivity contribution in [2.24, 2.45) is 5.10 Å². The molecule has 1 N–H and O–H groups in total. The van der Waals surface area contributed by atoms with Gasteiger partial charge in [0.05, 0.1) is 11.9 Å². The topological polar surface area (TPSA) is 46.5 Å². The maximum Gasteiger partial charge on any atom is 0.203 e. The van der Waals surface area contributed by atoms with Gasteiger partial charge in [0.15, 0.2) is 0 Å². The lowest BCUT2D eigenvalue weighted by atomic mass is 10.1.